The van der Waals surface area contributed by atoms with E-state index in [1.54, 1.807) is 13.4 Å². The van der Waals surface area contributed by atoms with Crippen LogP contribution in [-0.2, 0) is 11.3 Å². The van der Waals surface area contributed by atoms with Gasteiger partial charge in [-0.1, -0.05) is 17.8 Å². The first-order valence-corrected chi connectivity index (χ1v) is 11.1. The molecule has 0 unspecified atom stereocenters. The van der Waals surface area contributed by atoms with Crippen LogP contribution < -0.4 is 10.1 Å². The number of aryl methyl sites for hydroxylation is 2. The van der Waals surface area contributed by atoms with Crippen molar-refractivity contribution in [3.63, 3.8) is 0 Å². The zero-order chi connectivity index (χ0) is 22.5. The Bertz CT molecular complexity index is 1200. The van der Waals surface area contributed by atoms with Gasteiger partial charge < -0.3 is 14.5 Å². The van der Waals surface area contributed by atoms with Crippen molar-refractivity contribution in [2.45, 2.75) is 25.5 Å². The minimum atomic E-state index is -0.100. The molecule has 4 rings (SSSR count). The molecule has 32 heavy (non-hydrogen) atoms. The number of furan rings is 1. The van der Waals surface area contributed by atoms with Crippen LogP contribution in [0.15, 0.2) is 70.4 Å². The molecule has 2 aromatic heterocycles. The Labute approximate surface area is 190 Å². The largest absolute Gasteiger partial charge is 0.497 e. The fraction of sp³-hybridized carbons (Fsp3) is 0.208. The molecule has 1 amide bonds. The summed E-state index contributed by atoms with van der Waals surface area (Å²) in [6, 6.07) is 17.3. The van der Waals surface area contributed by atoms with E-state index in [-0.39, 0.29) is 11.7 Å². The lowest BCUT2D eigenvalue weighted by Crippen LogP contribution is -2.15. The second kappa shape index (κ2) is 9.74. The molecule has 0 bridgehead atoms. The molecule has 0 spiro atoms. The average Bonchev–Trinajstić information content (AvgIpc) is 3.45. The van der Waals surface area contributed by atoms with Crippen molar-refractivity contribution < 1.29 is 13.9 Å². The molecular formula is C24H24N4O3S. The number of nitrogens with one attached hydrogen (secondary N) is 1. The third-order valence-electron chi connectivity index (χ3n) is 5.08. The molecule has 4 aromatic rings. The van der Waals surface area contributed by atoms with Crippen molar-refractivity contribution in [1.82, 2.24) is 14.8 Å². The maximum absolute atomic E-state index is 12.5. The van der Waals surface area contributed by atoms with Crippen molar-refractivity contribution in [1.29, 1.82) is 0 Å². The van der Waals surface area contributed by atoms with Crippen LogP contribution in [0.3, 0.4) is 0 Å². The van der Waals surface area contributed by atoms with Gasteiger partial charge in [-0.3, -0.25) is 9.36 Å². The molecule has 0 fully saturated rings. The van der Waals surface area contributed by atoms with Gasteiger partial charge in [-0.15, -0.1) is 10.2 Å². The van der Waals surface area contributed by atoms with Gasteiger partial charge in [0.2, 0.25) is 5.91 Å². The highest BCUT2D eigenvalue weighted by molar-refractivity contribution is 7.99. The Kier molecular flexibility index (Phi) is 6.61. The molecule has 0 aliphatic heterocycles. The molecular weight excluding hydrogens is 424 g/mol. The van der Waals surface area contributed by atoms with Gasteiger partial charge in [-0.05, 0) is 73.5 Å². The molecule has 0 saturated carbocycles. The lowest BCUT2D eigenvalue weighted by Gasteiger charge is -2.10. The Morgan fingerprint density at radius 2 is 1.91 bits per heavy atom. The quantitative estimate of drug-likeness (QED) is 0.384. The van der Waals surface area contributed by atoms with Crippen LogP contribution in [-0.4, -0.2) is 33.5 Å². The van der Waals surface area contributed by atoms with Gasteiger partial charge >= 0.3 is 0 Å². The van der Waals surface area contributed by atoms with Crippen molar-refractivity contribution in [3.8, 4) is 17.1 Å². The Hall–Kier alpha value is -3.52. The van der Waals surface area contributed by atoms with Crippen molar-refractivity contribution in [3.05, 3.63) is 77.7 Å². The maximum atomic E-state index is 12.5. The molecule has 8 heteroatoms. The molecule has 0 aliphatic carbocycles. The Morgan fingerprint density at radius 3 is 2.59 bits per heavy atom. The summed E-state index contributed by atoms with van der Waals surface area (Å²) >= 11 is 1.34. The number of anilines is 1. The van der Waals surface area contributed by atoms with Gasteiger partial charge in [-0.25, -0.2) is 0 Å². The zero-order valence-electron chi connectivity index (χ0n) is 18.2. The number of benzene rings is 2. The van der Waals surface area contributed by atoms with E-state index in [1.165, 1.54) is 17.3 Å². The van der Waals surface area contributed by atoms with Crippen LogP contribution in [0.2, 0.25) is 0 Å². The fourth-order valence-corrected chi connectivity index (χ4v) is 3.93. The lowest BCUT2D eigenvalue weighted by molar-refractivity contribution is -0.113. The van der Waals surface area contributed by atoms with Gasteiger partial charge in [0.05, 0.1) is 25.7 Å². The van der Waals surface area contributed by atoms with Gasteiger partial charge in [0.1, 0.15) is 11.5 Å². The summed E-state index contributed by atoms with van der Waals surface area (Å²) in [5, 5.41) is 12.3. The van der Waals surface area contributed by atoms with Gasteiger partial charge in [0, 0.05) is 11.3 Å². The maximum Gasteiger partial charge on any atom is 0.234 e. The van der Waals surface area contributed by atoms with E-state index in [2.05, 4.69) is 15.5 Å². The van der Waals surface area contributed by atoms with E-state index < -0.39 is 0 Å². The lowest BCUT2D eigenvalue weighted by atomic mass is 10.1. The van der Waals surface area contributed by atoms with E-state index in [1.807, 2.05) is 73.0 Å². The molecule has 0 aliphatic rings. The van der Waals surface area contributed by atoms with E-state index in [0.29, 0.717) is 17.5 Å². The molecule has 0 saturated heterocycles. The Balaban J connectivity index is 1.52. The first-order chi connectivity index (χ1) is 15.5. The monoisotopic (exact) mass is 448 g/mol. The molecule has 2 aromatic carbocycles. The first kappa shape index (κ1) is 21.7. The number of hydrogen-bond donors (Lipinski definition) is 1. The topological polar surface area (TPSA) is 82.2 Å². The number of thioether (sulfide) groups is 1. The summed E-state index contributed by atoms with van der Waals surface area (Å²) in [4.78, 5) is 12.5. The predicted molar refractivity (Wildman–Crippen MR) is 125 cm³/mol. The first-order valence-electron chi connectivity index (χ1n) is 10.1. The zero-order valence-corrected chi connectivity index (χ0v) is 19.0. The summed E-state index contributed by atoms with van der Waals surface area (Å²) in [5.41, 5.74) is 4.01. The van der Waals surface area contributed by atoms with Crippen LogP contribution in [0.5, 0.6) is 5.75 Å². The van der Waals surface area contributed by atoms with E-state index in [9.17, 15) is 4.79 Å². The SMILES string of the molecule is COc1ccc(-c2nnc(SCC(=O)Nc3ccc(C)c(C)c3)n2Cc2ccco2)cc1. The van der Waals surface area contributed by atoms with Crippen LogP contribution in [0.1, 0.15) is 16.9 Å². The van der Waals surface area contributed by atoms with Gasteiger partial charge in [0.15, 0.2) is 11.0 Å². The normalized spacial score (nSPS) is 10.8. The molecule has 2 heterocycles. The van der Waals surface area contributed by atoms with Crippen LogP contribution in [0, 0.1) is 13.8 Å². The second-order valence-corrected chi connectivity index (χ2v) is 8.28. The number of hydrogen-bond acceptors (Lipinski definition) is 6. The summed E-state index contributed by atoms with van der Waals surface area (Å²) < 4.78 is 12.7. The standard InChI is InChI=1S/C24H24N4O3S/c1-16-6-9-19(13-17(16)2)25-22(29)15-32-24-27-26-23(18-7-10-20(30-3)11-8-18)28(24)14-21-5-4-12-31-21/h4-13H,14-15H2,1-3H3,(H,25,29). The number of carbonyl (C=O) groups excluding carboxylic acids is 1. The van der Waals surface area contributed by atoms with Gasteiger partial charge in [0.25, 0.3) is 0 Å². The molecule has 164 valence electrons. The minimum Gasteiger partial charge on any atom is -0.497 e. The number of methoxy groups -OCH3 is 1. The van der Waals surface area contributed by atoms with Crippen molar-refractivity contribution >= 4 is 23.4 Å². The number of nitrogens with zero attached hydrogens (tertiary/aromatic N) is 3. The summed E-state index contributed by atoms with van der Waals surface area (Å²) in [7, 11) is 1.63. The molecule has 0 radical (unpaired) electrons. The van der Waals surface area contributed by atoms with Crippen molar-refractivity contribution in [2.75, 3.05) is 18.2 Å². The van der Waals surface area contributed by atoms with Crippen LogP contribution in [0.4, 0.5) is 5.69 Å². The second-order valence-electron chi connectivity index (χ2n) is 7.34. The number of ether oxygens (including phenoxy) is 1. The molecule has 1 N–H and O–H groups in total. The third-order valence-corrected chi connectivity index (χ3v) is 6.05. The highest BCUT2D eigenvalue weighted by atomic mass is 32.2. The third kappa shape index (κ3) is 5.03. The predicted octanol–water partition coefficient (Wildman–Crippen LogP) is 4.94. The van der Waals surface area contributed by atoms with Crippen molar-refractivity contribution in [2.24, 2.45) is 0 Å². The average molecular weight is 449 g/mol. The molecule has 7 nitrogen and oxygen atoms in total. The molecule has 0 atom stereocenters. The van der Waals surface area contributed by atoms with Gasteiger partial charge in [-0.2, -0.15) is 0 Å². The van der Waals surface area contributed by atoms with E-state index in [4.69, 9.17) is 9.15 Å². The number of rotatable bonds is 8. The number of amides is 1. The highest BCUT2D eigenvalue weighted by Gasteiger charge is 2.17. The number of carbonyl (C=O) groups is 1. The fourth-order valence-electron chi connectivity index (χ4n) is 3.20. The minimum absolute atomic E-state index is 0.100. The Morgan fingerprint density at radius 1 is 1.09 bits per heavy atom. The smallest absolute Gasteiger partial charge is 0.234 e. The summed E-state index contributed by atoms with van der Waals surface area (Å²) in [6.45, 7) is 4.53. The summed E-state index contributed by atoms with van der Waals surface area (Å²) in [5.74, 6) is 2.36. The van der Waals surface area contributed by atoms with E-state index >= 15 is 0 Å². The van der Waals surface area contributed by atoms with E-state index in [0.717, 1.165) is 28.3 Å². The highest BCUT2D eigenvalue weighted by Crippen LogP contribution is 2.27. The van der Waals surface area contributed by atoms with Crippen LogP contribution in [0.25, 0.3) is 11.4 Å². The summed E-state index contributed by atoms with van der Waals surface area (Å²) in [6.07, 6.45) is 1.64. The number of aromatic nitrogens is 3. The van der Waals surface area contributed by atoms with Crippen LogP contribution >= 0.6 is 11.8 Å².